The van der Waals surface area contributed by atoms with E-state index in [-0.39, 0.29) is 23.9 Å². The number of benzene rings is 2. The van der Waals surface area contributed by atoms with Gasteiger partial charge in [-0.2, -0.15) is 0 Å². The molecule has 0 aliphatic heterocycles. The van der Waals surface area contributed by atoms with Crippen LogP contribution in [0.2, 0.25) is 0 Å². The molecule has 0 unspecified atom stereocenters. The molecule has 108 valence electrons. The second-order valence-electron chi connectivity index (χ2n) is 4.53. The monoisotopic (exact) mass is 295 g/mol. The van der Waals surface area contributed by atoms with E-state index in [1.807, 2.05) is 30.3 Å². The first-order valence-electron chi connectivity index (χ1n) is 6.07. The summed E-state index contributed by atoms with van der Waals surface area (Å²) in [6.45, 7) is 0. The normalized spacial score (nSPS) is 13.3. The molecule has 0 saturated carbocycles. The minimum Gasteiger partial charge on any atom is -0.508 e. The van der Waals surface area contributed by atoms with Crippen molar-refractivity contribution in [2.75, 3.05) is 0 Å². The number of rotatable bonds is 4. The summed E-state index contributed by atoms with van der Waals surface area (Å²) in [5, 5.41) is 29.2. The molecule has 0 radical (unpaired) electrons. The summed E-state index contributed by atoms with van der Waals surface area (Å²) in [5.41, 5.74) is 7.23. The molecule has 0 heterocycles. The third-order valence-corrected chi connectivity index (χ3v) is 3.07. The minimum absolute atomic E-state index is 0. The lowest BCUT2D eigenvalue weighted by Gasteiger charge is -2.20. The van der Waals surface area contributed by atoms with E-state index in [0.29, 0.717) is 12.0 Å². The highest BCUT2D eigenvalue weighted by atomic mass is 35.5. The molecule has 5 N–H and O–H groups in total. The molecule has 0 bridgehead atoms. The van der Waals surface area contributed by atoms with Crippen molar-refractivity contribution in [1.82, 2.24) is 0 Å². The number of hydrogen-bond acceptors (Lipinski definition) is 4. The minimum atomic E-state index is -0.838. The van der Waals surface area contributed by atoms with E-state index in [4.69, 9.17) is 5.73 Å². The van der Waals surface area contributed by atoms with Gasteiger partial charge in [0.05, 0.1) is 12.1 Å². The maximum atomic E-state index is 10.1. The van der Waals surface area contributed by atoms with Crippen LogP contribution in [0.1, 0.15) is 17.2 Å². The van der Waals surface area contributed by atoms with Crippen LogP contribution in [0.3, 0.4) is 0 Å². The van der Waals surface area contributed by atoms with Crippen molar-refractivity contribution in [3.8, 4) is 11.5 Å². The van der Waals surface area contributed by atoms with E-state index < -0.39 is 12.1 Å². The Labute approximate surface area is 123 Å². The highest BCUT2D eigenvalue weighted by Crippen LogP contribution is 2.29. The quantitative estimate of drug-likeness (QED) is 0.651. The molecule has 0 spiro atoms. The number of phenolic OH excluding ortho intramolecular Hbond substituents is 2. The third-order valence-electron chi connectivity index (χ3n) is 3.07. The van der Waals surface area contributed by atoms with Crippen LogP contribution < -0.4 is 5.73 Å². The van der Waals surface area contributed by atoms with Crippen LogP contribution in [0, 0.1) is 0 Å². The average molecular weight is 296 g/mol. The molecule has 4 nitrogen and oxygen atoms in total. The van der Waals surface area contributed by atoms with Crippen LogP contribution in [0.25, 0.3) is 0 Å². The van der Waals surface area contributed by atoms with Crippen molar-refractivity contribution in [3.63, 3.8) is 0 Å². The van der Waals surface area contributed by atoms with Crippen molar-refractivity contribution in [1.29, 1.82) is 0 Å². The maximum absolute atomic E-state index is 10.1. The average Bonchev–Trinajstić information content (AvgIpc) is 2.42. The lowest BCUT2D eigenvalue weighted by molar-refractivity contribution is 0.143. The number of halogens is 1. The standard InChI is InChI=1S/C15H17NO3.ClH/c16-15(12-9-11(17)6-7-13(12)18)14(19)8-10-4-2-1-3-5-10;/h1-7,9,14-15,17-19H,8,16H2;1H/t14-,15+;/m1./s1. The van der Waals surface area contributed by atoms with Gasteiger partial charge < -0.3 is 21.1 Å². The van der Waals surface area contributed by atoms with Crippen molar-refractivity contribution < 1.29 is 15.3 Å². The van der Waals surface area contributed by atoms with Gasteiger partial charge >= 0.3 is 0 Å². The smallest absolute Gasteiger partial charge is 0.120 e. The Balaban J connectivity index is 0.00000200. The fraction of sp³-hybridized carbons (Fsp3) is 0.200. The number of hydrogen-bond donors (Lipinski definition) is 4. The van der Waals surface area contributed by atoms with Crippen LogP contribution in [0.4, 0.5) is 0 Å². The Kier molecular flexibility index (Phi) is 5.82. The Hall–Kier alpha value is -1.75. The zero-order chi connectivity index (χ0) is 13.8. The molecule has 0 aliphatic rings. The first kappa shape index (κ1) is 16.3. The van der Waals surface area contributed by atoms with Gasteiger partial charge in [-0.25, -0.2) is 0 Å². The van der Waals surface area contributed by atoms with Crippen LogP contribution in [0.15, 0.2) is 48.5 Å². The van der Waals surface area contributed by atoms with Gasteiger partial charge in [-0.1, -0.05) is 30.3 Å². The highest BCUT2D eigenvalue weighted by molar-refractivity contribution is 5.85. The summed E-state index contributed by atoms with van der Waals surface area (Å²) >= 11 is 0. The molecule has 2 rings (SSSR count). The van der Waals surface area contributed by atoms with Crippen LogP contribution in [-0.2, 0) is 6.42 Å². The summed E-state index contributed by atoms with van der Waals surface area (Å²) in [5.74, 6) is -0.0208. The van der Waals surface area contributed by atoms with Crippen LogP contribution in [0.5, 0.6) is 11.5 Å². The summed E-state index contributed by atoms with van der Waals surface area (Å²) in [6, 6.07) is 12.8. The Morgan fingerprint density at radius 1 is 1.00 bits per heavy atom. The van der Waals surface area contributed by atoms with Gasteiger partial charge in [0.25, 0.3) is 0 Å². The molecule has 2 atom stereocenters. The molecule has 0 amide bonds. The molecule has 0 aliphatic carbocycles. The number of aliphatic hydroxyl groups excluding tert-OH is 1. The van der Waals surface area contributed by atoms with Crippen molar-refractivity contribution in [2.45, 2.75) is 18.6 Å². The van der Waals surface area contributed by atoms with Crippen molar-refractivity contribution in [3.05, 3.63) is 59.7 Å². The second kappa shape index (κ2) is 7.14. The first-order chi connectivity index (χ1) is 9.08. The number of aliphatic hydroxyl groups is 1. The summed E-state index contributed by atoms with van der Waals surface area (Å²) in [7, 11) is 0. The van der Waals surface area contributed by atoms with Gasteiger partial charge in [-0.05, 0) is 23.8 Å². The van der Waals surface area contributed by atoms with Gasteiger partial charge in [-0.15, -0.1) is 12.4 Å². The van der Waals surface area contributed by atoms with E-state index in [2.05, 4.69) is 0 Å². The topological polar surface area (TPSA) is 86.7 Å². The van der Waals surface area contributed by atoms with E-state index in [1.54, 1.807) is 0 Å². The molecule has 0 aromatic heterocycles. The molecule has 2 aromatic rings. The zero-order valence-electron chi connectivity index (χ0n) is 10.8. The molecule has 5 heteroatoms. The predicted octanol–water partition coefficient (Wildman–Crippen LogP) is 2.12. The lowest BCUT2D eigenvalue weighted by atomic mass is 9.96. The van der Waals surface area contributed by atoms with Gasteiger partial charge in [0.2, 0.25) is 0 Å². The number of nitrogens with two attached hydrogens (primary N) is 1. The van der Waals surface area contributed by atoms with Gasteiger partial charge in [-0.3, -0.25) is 0 Å². The molecule has 20 heavy (non-hydrogen) atoms. The number of phenols is 2. The zero-order valence-corrected chi connectivity index (χ0v) is 11.6. The lowest BCUT2D eigenvalue weighted by Crippen LogP contribution is -2.28. The summed E-state index contributed by atoms with van der Waals surface area (Å²) in [6.07, 6.45) is -0.452. The SMILES string of the molecule is Cl.N[C@@H](c1cc(O)ccc1O)[C@H](O)Cc1ccccc1. The highest BCUT2D eigenvalue weighted by Gasteiger charge is 2.20. The Morgan fingerprint density at radius 2 is 1.65 bits per heavy atom. The largest absolute Gasteiger partial charge is 0.508 e. The summed E-state index contributed by atoms with van der Waals surface area (Å²) in [4.78, 5) is 0. The predicted molar refractivity (Wildman–Crippen MR) is 80.1 cm³/mol. The van der Waals surface area contributed by atoms with Gasteiger partial charge in [0, 0.05) is 12.0 Å². The van der Waals surface area contributed by atoms with E-state index in [9.17, 15) is 15.3 Å². The van der Waals surface area contributed by atoms with Crippen molar-refractivity contribution >= 4 is 12.4 Å². The Morgan fingerprint density at radius 3 is 2.30 bits per heavy atom. The Bertz CT molecular complexity index is 548. The van der Waals surface area contributed by atoms with Gasteiger partial charge in [0.1, 0.15) is 11.5 Å². The third kappa shape index (κ3) is 3.87. The summed E-state index contributed by atoms with van der Waals surface area (Å²) < 4.78 is 0. The van der Waals surface area contributed by atoms with E-state index in [0.717, 1.165) is 5.56 Å². The molecular weight excluding hydrogens is 278 g/mol. The second-order valence-corrected chi connectivity index (χ2v) is 4.53. The fourth-order valence-corrected chi connectivity index (χ4v) is 2.00. The van der Waals surface area contributed by atoms with Crippen LogP contribution >= 0.6 is 12.4 Å². The van der Waals surface area contributed by atoms with Crippen molar-refractivity contribution in [2.24, 2.45) is 5.73 Å². The fourth-order valence-electron chi connectivity index (χ4n) is 2.00. The van der Waals surface area contributed by atoms with E-state index in [1.165, 1.54) is 18.2 Å². The van der Waals surface area contributed by atoms with Crippen LogP contribution in [-0.4, -0.2) is 21.4 Å². The first-order valence-corrected chi connectivity index (χ1v) is 6.07. The molecule has 0 saturated heterocycles. The number of aromatic hydroxyl groups is 2. The van der Waals surface area contributed by atoms with Gasteiger partial charge in [0.15, 0.2) is 0 Å². The molecular formula is C15H18ClNO3. The maximum Gasteiger partial charge on any atom is 0.120 e. The molecule has 0 fully saturated rings. The molecule has 2 aromatic carbocycles. The van der Waals surface area contributed by atoms with E-state index >= 15 is 0 Å².